The van der Waals surface area contributed by atoms with Gasteiger partial charge in [-0.25, -0.2) is 13.4 Å². The second kappa shape index (κ2) is 8.78. The van der Waals surface area contributed by atoms with E-state index in [-0.39, 0.29) is 16.3 Å². The molecule has 6 nitrogen and oxygen atoms in total. The number of fused-ring (bicyclic) bond motifs is 1. The molecule has 0 aliphatic carbocycles. The first kappa shape index (κ1) is 22.1. The summed E-state index contributed by atoms with van der Waals surface area (Å²) >= 11 is 12.6. The van der Waals surface area contributed by atoms with E-state index < -0.39 is 15.9 Å². The number of carbonyl (C=O) groups excluding carboxylic acids is 1. The van der Waals surface area contributed by atoms with Gasteiger partial charge < -0.3 is 5.32 Å². The van der Waals surface area contributed by atoms with Gasteiger partial charge in [-0.2, -0.15) is 0 Å². The number of nitrogens with zero attached hydrogens (tertiary/aromatic N) is 1. The average Bonchev–Trinajstić information content (AvgIpc) is 2.73. The van der Waals surface area contributed by atoms with E-state index in [0.29, 0.717) is 22.0 Å². The zero-order valence-corrected chi connectivity index (χ0v) is 19.1. The van der Waals surface area contributed by atoms with Crippen LogP contribution in [0.25, 0.3) is 22.2 Å². The van der Waals surface area contributed by atoms with Crippen LogP contribution in [0.5, 0.6) is 0 Å². The molecule has 0 atom stereocenters. The molecule has 0 unspecified atom stereocenters. The summed E-state index contributed by atoms with van der Waals surface area (Å²) in [5.74, 6) is -0.444. The molecule has 0 spiro atoms. The van der Waals surface area contributed by atoms with Crippen molar-refractivity contribution in [3.63, 3.8) is 0 Å². The van der Waals surface area contributed by atoms with Gasteiger partial charge in [-0.1, -0.05) is 47.5 Å². The predicted octanol–water partition coefficient (Wildman–Crippen LogP) is 5.83. The van der Waals surface area contributed by atoms with Gasteiger partial charge in [-0.3, -0.25) is 9.52 Å². The SMILES string of the molecule is CS(=O)(=O)Nc1ccc(C(=O)Nc2ccc(Cl)c(-c3ccc4ccccc4n3)c2)c(Cl)c1. The van der Waals surface area contributed by atoms with Gasteiger partial charge in [0.05, 0.1) is 33.1 Å². The first-order valence-corrected chi connectivity index (χ1v) is 12.1. The number of nitrogens with one attached hydrogen (secondary N) is 2. The van der Waals surface area contributed by atoms with Crippen LogP contribution in [-0.4, -0.2) is 25.6 Å². The summed E-state index contributed by atoms with van der Waals surface area (Å²) in [6.07, 6.45) is 1.03. The number of rotatable bonds is 5. The normalized spacial score (nSPS) is 11.3. The zero-order chi connectivity index (χ0) is 22.9. The monoisotopic (exact) mass is 485 g/mol. The van der Waals surface area contributed by atoms with Crippen LogP contribution in [0.1, 0.15) is 10.4 Å². The second-order valence-corrected chi connectivity index (χ2v) is 9.67. The first-order chi connectivity index (χ1) is 15.2. The molecular formula is C23H17Cl2N3O3S. The highest BCUT2D eigenvalue weighted by Crippen LogP contribution is 2.31. The van der Waals surface area contributed by atoms with Crippen LogP contribution in [0.15, 0.2) is 72.8 Å². The third-order valence-corrected chi connectivity index (χ3v) is 5.86. The number of pyridine rings is 1. The maximum atomic E-state index is 12.8. The number of anilines is 2. The number of hydrogen-bond donors (Lipinski definition) is 2. The molecule has 0 aliphatic rings. The molecule has 0 radical (unpaired) electrons. The Morgan fingerprint density at radius 2 is 1.62 bits per heavy atom. The molecule has 32 heavy (non-hydrogen) atoms. The Hall–Kier alpha value is -3.13. The van der Waals surface area contributed by atoms with Crippen molar-refractivity contribution in [3.05, 3.63) is 88.4 Å². The minimum absolute atomic E-state index is 0.113. The maximum Gasteiger partial charge on any atom is 0.257 e. The summed E-state index contributed by atoms with van der Waals surface area (Å²) < 4.78 is 25.1. The van der Waals surface area contributed by atoms with Crippen LogP contribution in [-0.2, 0) is 10.0 Å². The minimum Gasteiger partial charge on any atom is -0.322 e. The highest BCUT2D eigenvalue weighted by molar-refractivity contribution is 7.92. The van der Waals surface area contributed by atoms with Crippen molar-refractivity contribution in [1.29, 1.82) is 0 Å². The number of para-hydroxylation sites is 1. The van der Waals surface area contributed by atoms with E-state index in [4.69, 9.17) is 23.2 Å². The number of hydrogen-bond acceptors (Lipinski definition) is 4. The summed E-state index contributed by atoms with van der Waals surface area (Å²) in [6, 6.07) is 21.0. The van der Waals surface area contributed by atoms with Crippen molar-refractivity contribution in [3.8, 4) is 11.3 Å². The molecule has 0 fully saturated rings. The van der Waals surface area contributed by atoms with Gasteiger partial charge in [0.2, 0.25) is 10.0 Å². The fourth-order valence-corrected chi connectivity index (χ4v) is 4.23. The molecule has 3 aromatic carbocycles. The number of aromatic nitrogens is 1. The quantitative estimate of drug-likeness (QED) is 0.372. The highest BCUT2D eigenvalue weighted by Gasteiger charge is 2.14. The summed E-state index contributed by atoms with van der Waals surface area (Å²) in [5, 5.41) is 4.42. The van der Waals surface area contributed by atoms with Crippen LogP contribution in [0.3, 0.4) is 0 Å². The van der Waals surface area contributed by atoms with Crippen LogP contribution < -0.4 is 10.0 Å². The molecule has 0 aliphatic heterocycles. The van der Waals surface area contributed by atoms with Crippen LogP contribution in [0.2, 0.25) is 10.0 Å². The van der Waals surface area contributed by atoms with Crippen molar-refractivity contribution >= 4 is 61.4 Å². The van der Waals surface area contributed by atoms with Crippen molar-refractivity contribution in [2.24, 2.45) is 0 Å². The summed E-state index contributed by atoms with van der Waals surface area (Å²) in [6.45, 7) is 0. The molecule has 4 rings (SSSR count). The molecule has 4 aromatic rings. The van der Waals surface area contributed by atoms with E-state index in [1.54, 1.807) is 18.2 Å². The first-order valence-electron chi connectivity index (χ1n) is 9.44. The topological polar surface area (TPSA) is 88.2 Å². The Balaban J connectivity index is 1.60. The van der Waals surface area contributed by atoms with Gasteiger partial charge in [0, 0.05) is 22.3 Å². The van der Waals surface area contributed by atoms with Gasteiger partial charge in [0.25, 0.3) is 5.91 Å². The van der Waals surface area contributed by atoms with Gasteiger partial charge in [-0.15, -0.1) is 0 Å². The van der Waals surface area contributed by atoms with Crippen molar-refractivity contribution in [2.45, 2.75) is 0 Å². The lowest BCUT2D eigenvalue weighted by molar-refractivity contribution is 0.102. The molecule has 9 heteroatoms. The summed E-state index contributed by atoms with van der Waals surface area (Å²) in [4.78, 5) is 17.4. The smallest absolute Gasteiger partial charge is 0.257 e. The largest absolute Gasteiger partial charge is 0.322 e. The minimum atomic E-state index is -3.45. The molecule has 0 saturated carbocycles. The van der Waals surface area contributed by atoms with Crippen LogP contribution >= 0.6 is 23.2 Å². The third-order valence-electron chi connectivity index (χ3n) is 4.62. The van der Waals surface area contributed by atoms with E-state index in [1.165, 1.54) is 18.2 Å². The molecule has 1 aromatic heterocycles. The molecule has 1 heterocycles. The fraction of sp³-hybridized carbons (Fsp3) is 0.0435. The molecule has 0 bridgehead atoms. The molecule has 2 N–H and O–H groups in total. The number of halogens is 2. The lowest BCUT2D eigenvalue weighted by Crippen LogP contribution is -2.14. The third kappa shape index (κ3) is 5.02. The van der Waals surface area contributed by atoms with Gasteiger partial charge in [0.15, 0.2) is 0 Å². The fourth-order valence-electron chi connectivity index (χ4n) is 3.19. The van der Waals surface area contributed by atoms with Crippen molar-refractivity contribution in [1.82, 2.24) is 4.98 Å². The number of sulfonamides is 1. The van der Waals surface area contributed by atoms with Crippen molar-refractivity contribution < 1.29 is 13.2 Å². The van der Waals surface area contributed by atoms with E-state index in [1.807, 2.05) is 36.4 Å². The molecule has 162 valence electrons. The lowest BCUT2D eigenvalue weighted by Gasteiger charge is -2.11. The molecular weight excluding hydrogens is 469 g/mol. The zero-order valence-electron chi connectivity index (χ0n) is 16.8. The molecule has 1 amide bonds. The van der Waals surface area contributed by atoms with Gasteiger partial charge in [0.1, 0.15) is 0 Å². The highest BCUT2D eigenvalue weighted by atomic mass is 35.5. The average molecular weight is 486 g/mol. The maximum absolute atomic E-state index is 12.8. The standard InChI is InChI=1S/C23H17Cl2N3O3S/c1-32(30,31)28-16-7-9-17(20(25)13-16)23(29)26-15-8-10-19(24)18(12-15)22-11-6-14-4-2-3-5-21(14)27-22/h2-13,28H,1H3,(H,26,29). The Morgan fingerprint density at radius 1 is 0.875 bits per heavy atom. The summed E-state index contributed by atoms with van der Waals surface area (Å²) in [7, 11) is -3.45. The number of benzene rings is 3. The van der Waals surface area contributed by atoms with E-state index in [9.17, 15) is 13.2 Å². The van der Waals surface area contributed by atoms with E-state index in [2.05, 4.69) is 15.0 Å². The van der Waals surface area contributed by atoms with Crippen molar-refractivity contribution in [2.75, 3.05) is 16.3 Å². The second-order valence-electron chi connectivity index (χ2n) is 7.11. The Bertz CT molecular complexity index is 1460. The number of carbonyl (C=O) groups is 1. The van der Waals surface area contributed by atoms with Crippen LogP contribution in [0.4, 0.5) is 11.4 Å². The molecule has 0 saturated heterocycles. The van der Waals surface area contributed by atoms with Gasteiger partial charge >= 0.3 is 0 Å². The predicted molar refractivity (Wildman–Crippen MR) is 130 cm³/mol. The van der Waals surface area contributed by atoms with E-state index >= 15 is 0 Å². The van der Waals surface area contributed by atoms with Crippen LogP contribution in [0, 0.1) is 0 Å². The van der Waals surface area contributed by atoms with E-state index in [0.717, 1.165) is 17.2 Å². The lowest BCUT2D eigenvalue weighted by atomic mass is 10.1. The summed E-state index contributed by atoms with van der Waals surface area (Å²) in [5.41, 5.74) is 3.17. The van der Waals surface area contributed by atoms with Gasteiger partial charge in [-0.05, 0) is 48.5 Å². The Kier molecular flexibility index (Phi) is 6.06. The Labute approximate surface area is 195 Å². The number of amides is 1. The Morgan fingerprint density at radius 3 is 2.38 bits per heavy atom.